The maximum atomic E-state index is 12.0. The van der Waals surface area contributed by atoms with Crippen LogP contribution in [0.2, 0.25) is 0 Å². The molecule has 1 N–H and O–H groups in total. The van der Waals surface area contributed by atoms with E-state index in [0.29, 0.717) is 5.13 Å². The van der Waals surface area contributed by atoms with Gasteiger partial charge in [-0.1, -0.05) is 12.1 Å². The molecule has 0 unspecified atom stereocenters. The summed E-state index contributed by atoms with van der Waals surface area (Å²) < 4.78 is 1.17. The molecule has 1 aromatic carbocycles. The van der Waals surface area contributed by atoms with E-state index >= 15 is 0 Å². The van der Waals surface area contributed by atoms with Gasteiger partial charge in [0.05, 0.1) is 11.9 Å². The minimum Gasteiger partial charge on any atom is -0.296 e. The number of carbonyl (C=O) groups excluding carboxylic acids is 1. The first-order valence-electron chi connectivity index (χ1n) is 6.01. The molecule has 0 fully saturated rings. The number of aromatic nitrogens is 3. The molecule has 0 aliphatic rings. The van der Waals surface area contributed by atoms with E-state index in [0.717, 1.165) is 11.3 Å². The zero-order valence-corrected chi connectivity index (χ0v) is 13.6. The second-order valence-electron chi connectivity index (χ2n) is 4.09. The van der Waals surface area contributed by atoms with Gasteiger partial charge in [0.1, 0.15) is 5.69 Å². The van der Waals surface area contributed by atoms with Crippen molar-refractivity contribution in [2.75, 3.05) is 5.32 Å². The highest BCUT2D eigenvalue weighted by molar-refractivity contribution is 14.1. The molecule has 3 aromatic rings. The van der Waals surface area contributed by atoms with Gasteiger partial charge in [-0.25, -0.2) is 9.97 Å². The number of hydrogen-bond donors (Lipinski definition) is 1. The van der Waals surface area contributed by atoms with E-state index < -0.39 is 0 Å². The van der Waals surface area contributed by atoms with Crippen LogP contribution in [0.3, 0.4) is 0 Å². The Balaban J connectivity index is 1.76. The molecule has 0 aliphatic heterocycles. The zero-order chi connectivity index (χ0) is 14.7. The summed E-state index contributed by atoms with van der Waals surface area (Å²) in [5.74, 6) is -0.313. The van der Waals surface area contributed by atoms with Gasteiger partial charge in [-0.15, -0.1) is 11.3 Å². The number of amides is 1. The van der Waals surface area contributed by atoms with E-state index in [-0.39, 0.29) is 11.6 Å². The van der Waals surface area contributed by atoms with Gasteiger partial charge in [0.25, 0.3) is 5.91 Å². The number of thiazole rings is 1. The molecule has 5 nitrogen and oxygen atoms in total. The third-order valence-corrected chi connectivity index (χ3v) is 4.14. The van der Waals surface area contributed by atoms with Crippen LogP contribution in [0, 0.1) is 3.57 Å². The molecular weight excluding hydrogens is 399 g/mol. The van der Waals surface area contributed by atoms with Gasteiger partial charge >= 0.3 is 0 Å². The molecule has 0 bridgehead atoms. The van der Waals surface area contributed by atoms with Gasteiger partial charge in [-0.05, 0) is 34.7 Å². The lowest BCUT2D eigenvalue weighted by atomic mass is 10.2. The minimum atomic E-state index is -0.313. The molecular formula is C14H9IN4OS. The van der Waals surface area contributed by atoms with E-state index in [4.69, 9.17) is 0 Å². The number of nitrogens with one attached hydrogen (secondary N) is 1. The van der Waals surface area contributed by atoms with Crippen molar-refractivity contribution in [3.8, 4) is 11.3 Å². The molecule has 104 valence electrons. The van der Waals surface area contributed by atoms with Crippen LogP contribution in [0.1, 0.15) is 10.5 Å². The first-order chi connectivity index (χ1) is 10.2. The Kier molecular flexibility index (Phi) is 4.20. The second kappa shape index (κ2) is 6.27. The minimum absolute atomic E-state index is 0.267. The summed E-state index contributed by atoms with van der Waals surface area (Å²) in [4.78, 5) is 24.2. The Morgan fingerprint density at radius 2 is 2.00 bits per heavy atom. The number of carbonyl (C=O) groups is 1. The Labute approximate surface area is 138 Å². The Hall–Kier alpha value is -1.87. The van der Waals surface area contributed by atoms with Crippen molar-refractivity contribution < 1.29 is 4.79 Å². The number of anilines is 1. The summed E-state index contributed by atoms with van der Waals surface area (Å²) >= 11 is 3.63. The number of halogens is 1. The van der Waals surface area contributed by atoms with Crippen LogP contribution < -0.4 is 5.32 Å². The highest BCUT2D eigenvalue weighted by atomic mass is 127. The fourth-order valence-electron chi connectivity index (χ4n) is 1.66. The van der Waals surface area contributed by atoms with Crippen molar-refractivity contribution in [2.24, 2.45) is 0 Å². The summed E-state index contributed by atoms with van der Waals surface area (Å²) in [6, 6.07) is 8.05. The highest BCUT2D eigenvalue weighted by Gasteiger charge is 2.10. The summed E-state index contributed by atoms with van der Waals surface area (Å²) in [5, 5.41) is 5.18. The predicted molar refractivity (Wildman–Crippen MR) is 90.3 cm³/mol. The van der Waals surface area contributed by atoms with Crippen molar-refractivity contribution in [2.45, 2.75) is 0 Å². The van der Waals surface area contributed by atoms with Crippen LogP contribution in [-0.4, -0.2) is 20.9 Å². The first-order valence-corrected chi connectivity index (χ1v) is 7.97. The molecule has 0 saturated carbocycles. The summed E-state index contributed by atoms with van der Waals surface area (Å²) in [6.45, 7) is 0. The first kappa shape index (κ1) is 14.1. The van der Waals surface area contributed by atoms with E-state index in [9.17, 15) is 4.79 Å². The maximum Gasteiger partial charge on any atom is 0.277 e. The zero-order valence-electron chi connectivity index (χ0n) is 10.7. The SMILES string of the molecule is O=C(Nc1nc(-c2ccc(I)cc2)cs1)c1cnccn1. The molecule has 7 heteroatoms. The lowest BCUT2D eigenvalue weighted by Crippen LogP contribution is -2.13. The normalized spacial score (nSPS) is 10.3. The summed E-state index contributed by atoms with van der Waals surface area (Å²) in [7, 11) is 0. The van der Waals surface area contributed by atoms with Gasteiger partial charge in [-0.3, -0.25) is 15.1 Å². The molecule has 0 radical (unpaired) electrons. The van der Waals surface area contributed by atoms with Gasteiger partial charge < -0.3 is 0 Å². The molecule has 0 atom stereocenters. The third-order valence-electron chi connectivity index (χ3n) is 2.66. The van der Waals surface area contributed by atoms with Crippen LogP contribution in [0.15, 0.2) is 48.2 Å². The van der Waals surface area contributed by atoms with E-state index in [1.54, 1.807) is 0 Å². The number of benzene rings is 1. The van der Waals surface area contributed by atoms with Crippen LogP contribution in [0.5, 0.6) is 0 Å². The Bertz CT molecular complexity index is 758. The highest BCUT2D eigenvalue weighted by Crippen LogP contribution is 2.25. The van der Waals surface area contributed by atoms with Crippen LogP contribution in [0.4, 0.5) is 5.13 Å². The smallest absolute Gasteiger partial charge is 0.277 e. The molecule has 0 aliphatic carbocycles. The fourth-order valence-corrected chi connectivity index (χ4v) is 2.74. The second-order valence-corrected chi connectivity index (χ2v) is 6.19. The molecule has 0 saturated heterocycles. The molecule has 3 rings (SSSR count). The van der Waals surface area contributed by atoms with Crippen molar-refractivity contribution in [1.82, 2.24) is 15.0 Å². The predicted octanol–water partition coefficient (Wildman–Crippen LogP) is 3.46. The monoisotopic (exact) mass is 408 g/mol. The maximum absolute atomic E-state index is 12.0. The van der Waals surface area contributed by atoms with Gasteiger partial charge in [0.15, 0.2) is 5.13 Å². The average molecular weight is 408 g/mol. The number of nitrogens with zero attached hydrogens (tertiary/aromatic N) is 3. The molecule has 2 heterocycles. The van der Waals surface area contributed by atoms with Crippen molar-refractivity contribution in [3.63, 3.8) is 0 Å². The van der Waals surface area contributed by atoms with Crippen molar-refractivity contribution in [3.05, 3.63) is 57.5 Å². The Morgan fingerprint density at radius 3 is 2.71 bits per heavy atom. The standard InChI is InChI=1S/C14H9IN4OS/c15-10-3-1-9(2-4-10)12-8-21-14(18-12)19-13(20)11-7-16-5-6-17-11/h1-8H,(H,18,19,20). The largest absolute Gasteiger partial charge is 0.296 e. The van der Waals surface area contributed by atoms with Gasteiger partial charge in [-0.2, -0.15) is 0 Å². The van der Waals surface area contributed by atoms with Crippen LogP contribution >= 0.6 is 33.9 Å². The molecule has 2 aromatic heterocycles. The Morgan fingerprint density at radius 1 is 1.19 bits per heavy atom. The van der Waals surface area contributed by atoms with E-state index in [2.05, 4.69) is 42.9 Å². The summed E-state index contributed by atoms with van der Waals surface area (Å²) in [6.07, 6.45) is 4.42. The summed E-state index contributed by atoms with van der Waals surface area (Å²) in [5.41, 5.74) is 2.13. The van der Waals surface area contributed by atoms with Gasteiger partial charge in [0, 0.05) is 26.9 Å². The number of hydrogen-bond acceptors (Lipinski definition) is 5. The van der Waals surface area contributed by atoms with Crippen molar-refractivity contribution in [1.29, 1.82) is 0 Å². The van der Waals surface area contributed by atoms with Gasteiger partial charge in [0.2, 0.25) is 0 Å². The molecule has 1 amide bonds. The fraction of sp³-hybridized carbons (Fsp3) is 0. The molecule has 0 spiro atoms. The van der Waals surface area contributed by atoms with E-state index in [1.807, 2.05) is 29.6 Å². The quantitative estimate of drug-likeness (QED) is 0.675. The number of rotatable bonds is 3. The third kappa shape index (κ3) is 3.42. The van der Waals surface area contributed by atoms with Crippen LogP contribution in [-0.2, 0) is 0 Å². The van der Waals surface area contributed by atoms with E-state index in [1.165, 1.54) is 33.5 Å². The molecule has 21 heavy (non-hydrogen) atoms. The van der Waals surface area contributed by atoms with Crippen LogP contribution in [0.25, 0.3) is 11.3 Å². The van der Waals surface area contributed by atoms with Crippen molar-refractivity contribution >= 4 is 45.0 Å². The lowest BCUT2D eigenvalue weighted by molar-refractivity contribution is 0.102. The topological polar surface area (TPSA) is 67.8 Å². The average Bonchev–Trinajstić information content (AvgIpc) is 2.97. The lowest BCUT2D eigenvalue weighted by Gasteiger charge is -2.00.